The molecule has 5 heteroatoms. The van der Waals surface area contributed by atoms with Crippen LogP contribution in [0.1, 0.15) is 19.8 Å². The van der Waals surface area contributed by atoms with Gasteiger partial charge in [-0.05, 0) is 6.42 Å². The van der Waals surface area contributed by atoms with E-state index in [-0.39, 0.29) is 6.42 Å². The van der Waals surface area contributed by atoms with Crippen LogP contribution in [-0.2, 0) is 9.53 Å². The molecule has 0 radical (unpaired) electrons. The first-order valence-corrected chi connectivity index (χ1v) is 3.78. The summed E-state index contributed by atoms with van der Waals surface area (Å²) in [6.07, 6.45) is -2.25. The molecular formula is C7H14O5. The fourth-order valence-electron chi connectivity index (χ4n) is 0.566. The number of carbonyl (C=O) groups excluding carboxylic acids is 1. The summed E-state index contributed by atoms with van der Waals surface area (Å²) in [5.41, 5.74) is 0. The standard InChI is InChI=1S/C7H14O5/c1-2-3-6(10)12-7(11)5(9)4-8/h5,7-9,11H,2-4H2,1H3. The first-order valence-electron chi connectivity index (χ1n) is 3.78. The molecule has 0 aromatic heterocycles. The summed E-state index contributed by atoms with van der Waals surface area (Å²) in [7, 11) is 0. The van der Waals surface area contributed by atoms with Crippen molar-refractivity contribution >= 4 is 5.97 Å². The molecule has 2 unspecified atom stereocenters. The van der Waals surface area contributed by atoms with Crippen molar-refractivity contribution in [3.63, 3.8) is 0 Å². The molecule has 0 bridgehead atoms. The second-order valence-corrected chi connectivity index (χ2v) is 2.38. The van der Waals surface area contributed by atoms with Gasteiger partial charge in [0.05, 0.1) is 6.61 Å². The highest BCUT2D eigenvalue weighted by atomic mass is 16.6. The van der Waals surface area contributed by atoms with E-state index in [4.69, 9.17) is 15.3 Å². The number of hydrogen-bond donors (Lipinski definition) is 3. The maximum Gasteiger partial charge on any atom is 0.308 e. The molecule has 72 valence electrons. The molecule has 0 saturated heterocycles. The fraction of sp³-hybridized carbons (Fsp3) is 0.857. The molecular weight excluding hydrogens is 164 g/mol. The lowest BCUT2D eigenvalue weighted by Crippen LogP contribution is -2.33. The Kier molecular flexibility index (Phi) is 5.61. The first kappa shape index (κ1) is 11.4. The van der Waals surface area contributed by atoms with Crippen LogP contribution in [0.5, 0.6) is 0 Å². The van der Waals surface area contributed by atoms with Crippen LogP contribution in [0.15, 0.2) is 0 Å². The number of esters is 1. The lowest BCUT2D eigenvalue weighted by atomic mass is 10.3. The van der Waals surface area contributed by atoms with E-state index in [9.17, 15) is 4.79 Å². The third-order valence-corrected chi connectivity index (χ3v) is 1.22. The third kappa shape index (κ3) is 4.27. The van der Waals surface area contributed by atoms with Crippen LogP contribution in [0.3, 0.4) is 0 Å². The van der Waals surface area contributed by atoms with Gasteiger partial charge in [-0.3, -0.25) is 4.79 Å². The molecule has 3 N–H and O–H groups in total. The van der Waals surface area contributed by atoms with Gasteiger partial charge in [-0.2, -0.15) is 0 Å². The largest absolute Gasteiger partial charge is 0.433 e. The van der Waals surface area contributed by atoms with E-state index in [0.29, 0.717) is 6.42 Å². The number of hydrogen-bond acceptors (Lipinski definition) is 5. The predicted molar refractivity (Wildman–Crippen MR) is 40.1 cm³/mol. The molecule has 0 aliphatic heterocycles. The van der Waals surface area contributed by atoms with E-state index in [2.05, 4.69) is 4.74 Å². The van der Waals surface area contributed by atoms with Gasteiger partial charge in [-0.15, -0.1) is 0 Å². The Morgan fingerprint density at radius 1 is 1.50 bits per heavy atom. The monoisotopic (exact) mass is 178 g/mol. The molecule has 12 heavy (non-hydrogen) atoms. The fourth-order valence-corrected chi connectivity index (χ4v) is 0.566. The van der Waals surface area contributed by atoms with E-state index in [0.717, 1.165) is 0 Å². The Labute approximate surface area is 70.6 Å². The van der Waals surface area contributed by atoms with E-state index in [1.807, 2.05) is 0 Å². The summed E-state index contributed by atoms with van der Waals surface area (Å²) < 4.78 is 4.35. The van der Waals surface area contributed by atoms with Crippen LogP contribution < -0.4 is 0 Å². The van der Waals surface area contributed by atoms with Crippen LogP contribution in [0.2, 0.25) is 0 Å². The summed E-state index contributed by atoms with van der Waals surface area (Å²) in [6, 6.07) is 0. The third-order valence-electron chi connectivity index (χ3n) is 1.22. The molecule has 0 aliphatic rings. The highest BCUT2D eigenvalue weighted by Gasteiger charge is 2.18. The molecule has 0 aromatic rings. The molecule has 2 atom stereocenters. The second kappa shape index (κ2) is 5.93. The molecule has 0 aliphatic carbocycles. The first-order chi connectivity index (χ1) is 5.61. The summed E-state index contributed by atoms with van der Waals surface area (Å²) in [5.74, 6) is -0.586. The predicted octanol–water partition coefficient (Wildman–Crippen LogP) is -0.999. The summed E-state index contributed by atoms with van der Waals surface area (Å²) in [6.45, 7) is 1.15. The van der Waals surface area contributed by atoms with E-state index < -0.39 is 25.0 Å². The van der Waals surface area contributed by atoms with Gasteiger partial charge in [-0.25, -0.2) is 0 Å². The molecule has 0 heterocycles. The van der Waals surface area contributed by atoms with Crippen molar-refractivity contribution in [1.29, 1.82) is 0 Å². The molecule has 0 saturated carbocycles. The SMILES string of the molecule is CCCC(=O)OC(O)C(O)CO. The van der Waals surface area contributed by atoms with E-state index in [1.54, 1.807) is 6.92 Å². The van der Waals surface area contributed by atoms with Gasteiger partial charge in [0.2, 0.25) is 6.29 Å². The summed E-state index contributed by atoms with van der Waals surface area (Å²) in [5, 5.41) is 26.0. The van der Waals surface area contributed by atoms with Crippen molar-refractivity contribution in [2.24, 2.45) is 0 Å². The van der Waals surface area contributed by atoms with Gasteiger partial charge in [0.25, 0.3) is 0 Å². The molecule has 0 amide bonds. The Morgan fingerprint density at radius 2 is 2.08 bits per heavy atom. The van der Waals surface area contributed by atoms with Gasteiger partial charge in [0, 0.05) is 6.42 Å². The van der Waals surface area contributed by atoms with Crippen molar-refractivity contribution in [1.82, 2.24) is 0 Å². The van der Waals surface area contributed by atoms with Crippen molar-refractivity contribution in [2.45, 2.75) is 32.2 Å². The van der Waals surface area contributed by atoms with Gasteiger partial charge in [0.15, 0.2) is 0 Å². The Morgan fingerprint density at radius 3 is 2.50 bits per heavy atom. The zero-order chi connectivity index (χ0) is 9.56. The van der Waals surface area contributed by atoms with Crippen molar-refractivity contribution in [3.8, 4) is 0 Å². The highest BCUT2D eigenvalue weighted by Crippen LogP contribution is 1.99. The minimum atomic E-state index is -1.63. The number of carbonyl (C=O) groups is 1. The molecule has 0 spiro atoms. The maximum atomic E-state index is 10.7. The van der Waals surface area contributed by atoms with Crippen molar-refractivity contribution in [3.05, 3.63) is 0 Å². The quantitative estimate of drug-likeness (QED) is 0.371. The van der Waals surface area contributed by atoms with Crippen LogP contribution in [0.25, 0.3) is 0 Å². The average Bonchev–Trinajstić information content (AvgIpc) is 2.03. The van der Waals surface area contributed by atoms with Crippen molar-refractivity contribution in [2.75, 3.05) is 6.61 Å². The van der Waals surface area contributed by atoms with E-state index >= 15 is 0 Å². The van der Waals surface area contributed by atoms with Gasteiger partial charge in [0.1, 0.15) is 6.10 Å². The Bertz CT molecular complexity index is 136. The number of aliphatic hydroxyl groups is 3. The van der Waals surface area contributed by atoms with Crippen LogP contribution in [0, 0.1) is 0 Å². The zero-order valence-electron chi connectivity index (χ0n) is 6.93. The highest BCUT2D eigenvalue weighted by molar-refractivity contribution is 5.69. The molecule has 5 nitrogen and oxygen atoms in total. The Balaban J connectivity index is 3.67. The minimum absolute atomic E-state index is 0.190. The topological polar surface area (TPSA) is 87.0 Å². The lowest BCUT2D eigenvalue weighted by molar-refractivity contribution is -0.190. The van der Waals surface area contributed by atoms with Crippen LogP contribution >= 0.6 is 0 Å². The maximum absolute atomic E-state index is 10.7. The second-order valence-electron chi connectivity index (χ2n) is 2.38. The zero-order valence-corrected chi connectivity index (χ0v) is 6.93. The van der Waals surface area contributed by atoms with Gasteiger partial charge in [-0.1, -0.05) is 6.92 Å². The van der Waals surface area contributed by atoms with Crippen LogP contribution in [-0.4, -0.2) is 40.3 Å². The van der Waals surface area contributed by atoms with Gasteiger partial charge >= 0.3 is 5.97 Å². The average molecular weight is 178 g/mol. The number of ether oxygens (including phenoxy) is 1. The number of rotatable bonds is 5. The minimum Gasteiger partial charge on any atom is -0.433 e. The Hall–Kier alpha value is -0.650. The normalized spacial score (nSPS) is 15.3. The summed E-state index contributed by atoms with van der Waals surface area (Å²) in [4.78, 5) is 10.7. The molecule has 0 aromatic carbocycles. The van der Waals surface area contributed by atoms with Gasteiger partial charge < -0.3 is 20.1 Å². The lowest BCUT2D eigenvalue weighted by Gasteiger charge is -2.15. The van der Waals surface area contributed by atoms with E-state index in [1.165, 1.54) is 0 Å². The van der Waals surface area contributed by atoms with Crippen molar-refractivity contribution < 1.29 is 24.9 Å². The molecule has 0 fully saturated rings. The number of aliphatic hydroxyl groups excluding tert-OH is 3. The molecule has 0 rings (SSSR count). The van der Waals surface area contributed by atoms with Crippen LogP contribution in [0.4, 0.5) is 0 Å². The summed E-state index contributed by atoms with van der Waals surface area (Å²) >= 11 is 0. The smallest absolute Gasteiger partial charge is 0.308 e.